The van der Waals surface area contributed by atoms with Crippen molar-refractivity contribution in [2.24, 2.45) is 0 Å². The molecule has 0 aliphatic carbocycles. The molecule has 3 aromatic carbocycles. The molecule has 0 aliphatic heterocycles. The number of benzene rings is 3. The van der Waals surface area contributed by atoms with Gasteiger partial charge in [0, 0.05) is 23.3 Å². The Morgan fingerprint density at radius 2 is 1.72 bits per heavy atom. The fourth-order valence-electron chi connectivity index (χ4n) is 3.31. The van der Waals surface area contributed by atoms with E-state index in [-0.39, 0.29) is 5.56 Å². The second-order valence-corrected chi connectivity index (χ2v) is 8.33. The first-order chi connectivity index (χ1) is 15.4. The number of halogens is 2. The van der Waals surface area contributed by atoms with Crippen molar-refractivity contribution < 1.29 is 9.90 Å². The number of aromatic nitrogens is 2. The van der Waals surface area contributed by atoms with Crippen LogP contribution < -0.4 is 0 Å². The molecule has 1 heterocycles. The molecule has 1 aromatic heterocycles. The molecule has 32 heavy (non-hydrogen) atoms. The van der Waals surface area contributed by atoms with E-state index in [2.05, 4.69) is 31.2 Å². The van der Waals surface area contributed by atoms with Crippen molar-refractivity contribution in [1.82, 2.24) is 9.55 Å². The van der Waals surface area contributed by atoms with Crippen LogP contribution in [-0.2, 0) is 6.54 Å². The highest BCUT2D eigenvalue weighted by molar-refractivity contribution is 6.36. The zero-order valence-corrected chi connectivity index (χ0v) is 18.8. The number of hydrogen-bond donors (Lipinski definition) is 1. The van der Waals surface area contributed by atoms with Gasteiger partial charge in [-0.15, -0.1) is 0 Å². The summed E-state index contributed by atoms with van der Waals surface area (Å²) in [4.78, 5) is 15.9. The van der Waals surface area contributed by atoms with Crippen molar-refractivity contribution in [2.75, 3.05) is 0 Å². The van der Waals surface area contributed by atoms with E-state index < -0.39 is 5.97 Å². The molecule has 4 rings (SSSR count). The molecule has 4 nitrogen and oxygen atoms in total. The lowest BCUT2D eigenvalue weighted by atomic mass is 10.1. The Hall–Kier alpha value is -3.34. The summed E-state index contributed by atoms with van der Waals surface area (Å²) in [5, 5.41) is 10.2. The van der Waals surface area contributed by atoms with Crippen LogP contribution in [0.3, 0.4) is 0 Å². The number of aromatic carboxylic acids is 1. The van der Waals surface area contributed by atoms with Gasteiger partial charge in [0.15, 0.2) is 0 Å². The van der Waals surface area contributed by atoms with Crippen LogP contribution in [0, 0.1) is 6.92 Å². The van der Waals surface area contributed by atoms with Crippen LogP contribution >= 0.6 is 23.2 Å². The summed E-state index contributed by atoms with van der Waals surface area (Å²) in [5.74, 6) is -0.186. The Bertz CT molecular complexity index is 1290. The van der Waals surface area contributed by atoms with Gasteiger partial charge in [-0.1, -0.05) is 71.2 Å². The highest BCUT2D eigenvalue weighted by Crippen LogP contribution is 2.30. The normalized spacial score (nSPS) is 11.2. The third-order valence-corrected chi connectivity index (χ3v) is 5.62. The van der Waals surface area contributed by atoms with Crippen LogP contribution in [0.2, 0.25) is 10.0 Å². The van der Waals surface area contributed by atoms with Crippen molar-refractivity contribution in [1.29, 1.82) is 0 Å². The highest BCUT2D eigenvalue weighted by Gasteiger charge is 2.12. The minimum atomic E-state index is -0.944. The van der Waals surface area contributed by atoms with E-state index in [4.69, 9.17) is 33.3 Å². The highest BCUT2D eigenvalue weighted by atomic mass is 35.5. The predicted molar refractivity (Wildman–Crippen MR) is 130 cm³/mol. The molecule has 0 unspecified atom stereocenters. The van der Waals surface area contributed by atoms with E-state index in [1.807, 2.05) is 41.1 Å². The van der Waals surface area contributed by atoms with Gasteiger partial charge in [0.25, 0.3) is 0 Å². The van der Waals surface area contributed by atoms with Crippen LogP contribution in [-0.4, -0.2) is 20.6 Å². The first-order valence-electron chi connectivity index (χ1n) is 9.98. The van der Waals surface area contributed by atoms with E-state index >= 15 is 0 Å². The van der Waals surface area contributed by atoms with Gasteiger partial charge in [-0.3, -0.25) is 0 Å². The molecule has 0 aliphatic rings. The summed E-state index contributed by atoms with van der Waals surface area (Å²) in [7, 11) is 0. The Labute approximate surface area is 196 Å². The summed E-state index contributed by atoms with van der Waals surface area (Å²) in [5.41, 5.74) is 5.02. The van der Waals surface area contributed by atoms with Crippen molar-refractivity contribution in [3.63, 3.8) is 0 Å². The van der Waals surface area contributed by atoms with Gasteiger partial charge >= 0.3 is 5.97 Å². The Balaban J connectivity index is 1.71. The van der Waals surface area contributed by atoms with E-state index in [1.165, 1.54) is 5.56 Å². The fraction of sp³-hybridized carbons (Fsp3) is 0.0769. The summed E-state index contributed by atoms with van der Waals surface area (Å²) in [6, 6.07) is 20.4. The van der Waals surface area contributed by atoms with E-state index in [0.717, 1.165) is 28.2 Å². The van der Waals surface area contributed by atoms with Gasteiger partial charge in [-0.05, 0) is 54.5 Å². The van der Waals surface area contributed by atoms with Crippen LogP contribution in [0.25, 0.3) is 23.4 Å². The Kier molecular flexibility index (Phi) is 6.45. The van der Waals surface area contributed by atoms with Crippen LogP contribution in [0.5, 0.6) is 0 Å². The molecular formula is C26H20Cl2N2O2. The number of aryl methyl sites for hydroxylation is 1. The average Bonchev–Trinajstić information content (AvgIpc) is 3.16. The molecule has 0 amide bonds. The molecule has 0 saturated heterocycles. The third kappa shape index (κ3) is 5.10. The van der Waals surface area contributed by atoms with Crippen molar-refractivity contribution in [2.45, 2.75) is 13.5 Å². The summed E-state index contributed by atoms with van der Waals surface area (Å²) in [6.07, 6.45) is 5.91. The lowest BCUT2D eigenvalue weighted by molar-refractivity contribution is 0.0697. The molecule has 4 aromatic rings. The molecule has 0 radical (unpaired) electrons. The Morgan fingerprint density at radius 3 is 2.38 bits per heavy atom. The maximum Gasteiger partial charge on any atom is 0.335 e. The SMILES string of the molecule is Cc1ccc(C=Cc2nc(-c3ccc(Cl)cc3Cl)cn2Cc2ccc(C(=O)O)cc2)cc1. The molecular weight excluding hydrogens is 443 g/mol. The molecule has 0 spiro atoms. The largest absolute Gasteiger partial charge is 0.478 e. The van der Waals surface area contributed by atoms with Gasteiger partial charge in [0.05, 0.1) is 16.3 Å². The van der Waals surface area contributed by atoms with Gasteiger partial charge in [-0.25, -0.2) is 9.78 Å². The second kappa shape index (κ2) is 9.43. The quantitative estimate of drug-likeness (QED) is 0.332. The molecule has 160 valence electrons. The Morgan fingerprint density at radius 1 is 1.00 bits per heavy atom. The second-order valence-electron chi connectivity index (χ2n) is 7.48. The number of carboxylic acid groups (broad SMARTS) is 1. The van der Waals surface area contributed by atoms with Gasteiger partial charge in [0.1, 0.15) is 5.82 Å². The smallest absolute Gasteiger partial charge is 0.335 e. The number of nitrogens with zero attached hydrogens (tertiary/aromatic N) is 2. The average molecular weight is 463 g/mol. The van der Waals surface area contributed by atoms with Crippen LogP contribution in [0.15, 0.2) is 72.9 Å². The fourth-order valence-corrected chi connectivity index (χ4v) is 3.82. The van der Waals surface area contributed by atoms with E-state index in [9.17, 15) is 4.79 Å². The molecule has 0 bridgehead atoms. The zero-order chi connectivity index (χ0) is 22.7. The number of rotatable bonds is 6. The standard InChI is InChI=1S/C26H20Cl2N2O2/c1-17-2-4-18(5-3-17)8-13-25-29-24(22-12-11-21(27)14-23(22)28)16-30(25)15-19-6-9-20(10-7-19)26(31)32/h2-14,16H,15H2,1H3,(H,31,32). The van der Waals surface area contributed by atoms with Crippen LogP contribution in [0.4, 0.5) is 0 Å². The monoisotopic (exact) mass is 462 g/mol. The van der Waals surface area contributed by atoms with Gasteiger partial charge < -0.3 is 9.67 Å². The van der Waals surface area contributed by atoms with E-state index in [0.29, 0.717) is 16.6 Å². The first kappa shape index (κ1) is 21.9. The van der Waals surface area contributed by atoms with Gasteiger partial charge in [-0.2, -0.15) is 0 Å². The predicted octanol–water partition coefficient (Wildman–Crippen LogP) is 7.08. The zero-order valence-electron chi connectivity index (χ0n) is 17.3. The number of carbonyl (C=O) groups is 1. The minimum absolute atomic E-state index is 0.257. The first-order valence-corrected chi connectivity index (χ1v) is 10.7. The molecule has 1 N–H and O–H groups in total. The summed E-state index contributed by atoms with van der Waals surface area (Å²) < 4.78 is 2.01. The molecule has 0 saturated carbocycles. The van der Waals surface area contributed by atoms with E-state index in [1.54, 1.807) is 24.3 Å². The lowest BCUT2D eigenvalue weighted by Crippen LogP contribution is -2.02. The summed E-state index contributed by atoms with van der Waals surface area (Å²) in [6.45, 7) is 2.59. The van der Waals surface area contributed by atoms with Crippen molar-refractivity contribution in [3.05, 3.63) is 111 Å². The maximum absolute atomic E-state index is 11.1. The lowest BCUT2D eigenvalue weighted by Gasteiger charge is -2.06. The summed E-state index contributed by atoms with van der Waals surface area (Å²) >= 11 is 12.5. The van der Waals surface area contributed by atoms with Crippen LogP contribution in [0.1, 0.15) is 32.9 Å². The third-order valence-electron chi connectivity index (χ3n) is 5.07. The maximum atomic E-state index is 11.1. The topological polar surface area (TPSA) is 55.1 Å². The molecule has 0 fully saturated rings. The number of carboxylic acids is 1. The van der Waals surface area contributed by atoms with Gasteiger partial charge in [0.2, 0.25) is 0 Å². The molecule has 0 atom stereocenters. The molecule has 6 heteroatoms. The van der Waals surface area contributed by atoms with Crippen molar-refractivity contribution in [3.8, 4) is 11.3 Å². The van der Waals surface area contributed by atoms with Crippen molar-refractivity contribution >= 4 is 41.3 Å². The number of imidazole rings is 1. The minimum Gasteiger partial charge on any atom is -0.478 e. The number of hydrogen-bond acceptors (Lipinski definition) is 2.